The fourth-order valence-electron chi connectivity index (χ4n) is 4.93. The van der Waals surface area contributed by atoms with Crippen LogP contribution >= 0.6 is 12.4 Å². The maximum atomic E-state index is 12.9. The Hall–Kier alpha value is -1.40. The van der Waals surface area contributed by atoms with Crippen LogP contribution in [-0.4, -0.2) is 43.8 Å². The summed E-state index contributed by atoms with van der Waals surface area (Å²) in [5, 5.41) is 0. The summed E-state index contributed by atoms with van der Waals surface area (Å²) in [6.07, 6.45) is 5.51. The van der Waals surface area contributed by atoms with Crippen molar-refractivity contribution in [1.29, 1.82) is 0 Å². The number of unbranched alkanes of at least 4 members (excludes halogenated alkanes) is 1. The standard InChI is InChI=1S/C24H32N2O2S.ClH/c1-3-26(29(27,28)22-12-9-19(2)10-13-22)17-5-4-16-25-18-15-21-8-6-7-20-11-14-23(25)24(20)21;/h6-10,12-13,23H,3-5,11,14-18H2,1-2H3;1H. The number of hydrogen-bond donors (Lipinski definition) is 0. The van der Waals surface area contributed by atoms with Crippen LogP contribution in [0.2, 0.25) is 0 Å². The highest BCUT2D eigenvalue weighted by molar-refractivity contribution is 7.89. The molecular formula is C24H33ClN2O2S. The maximum absolute atomic E-state index is 12.9. The molecule has 0 bridgehead atoms. The van der Waals surface area contributed by atoms with E-state index in [-0.39, 0.29) is 12.4 Å². The van der Waals surface area contributed by atoms with Crippen molar-refractivity contribution in [1.82, 2.24) is 9.21 Å². The molecule has 1 atom stereocenters. The van der Waals surface area contributed by atoms with Crippen LogP contribution in [0, 0.1) is 6.92 Å². The zero-order valence-electron chi connectivity index (χ0n) is 18.0. The molecule has 4 rings (SSSR count). The molecule has 0 aromatic heterocycles. The van der Waals surface area contributed by atoms with Crippen LogP contribution < -0.4 is 0 Å². The van der Waals surface area contributed by atoms with Crippen molar-refractivity contribution in [2.24, 2.45) is 0 Å². The highest BCUT2D eigenvalue weighted by Crippen LogP contribution is 2.41. The van der Waals surface area contributed by atoms with E-state index in [2.05, 4.69) is 23.1 Å². The first-order chi connectivity index (χ1) is 14.0. The first-order valence-electron chi connectivity index (χ1n) is 10.9. The third kappa shape index (κ3) is 4.59. The third-order valence-corrected chi connectivity index (χ3v) is 8.52. The molecule has 2 aromatic carbocycles. The van der Waals surface area contributed by atoms with Gasteiger partial charge < -0.3 is 0 Å². The molecular weight excluding hydrogens is 416 g/mol. The molecule has 1 aliphatic heterocycles. The normalized spacial score (nSPS) is 18.3. The van der Waals surface area contributed by atoms with Gasteiger partial charge in [-0.15, -0.1) is 12.4 Å². The highest BCUT2D eigenvalue weighted by Gasteiger charge is 2.33. The fraction of sp³-hybridized carbons (Fsp3) is 0.500. The number of benzene rings is 2. The average Bonchev–Trinajstić information content (AvgIpc) is 3.16. The molecule has 164 valence electrons. The Balaban J connectivity index is 0.00000256. The lowest BCUT2D eigenvalue weighted by molar-refractivity contribution is 0.181. The monoisotopic (exact) mass is 448 g/mol. The van der Waals surface area contributed by atoms with Gasteiger partial charge in [0.2, 0.25) is 10.0 Å². The minimum Gasteiger partial charge on any atom is -0.296 e. The van der Waals surface area contributed by atoms with Crippen LogP contribution in [0.15, 0.2) is 47.4 Å². The summed E-state index contributed by atoms with van der Waals surface area (Å²) in [6.45, 7) is 7.18. The zero-order valence-corrected chi connectivity index (χ0v) is 19.6. The quantitative estimate of drug-likeness (QED) is 0.547. The van der Waals surface area contributed by atoms with Gasteiger partial charge in [-0.3, -0.25) is 4.90 Å². The van der Waals surface area contributed by atoms with Crippen LogP contribution in [0.25, 0.3) is 0 Å². The van der Waals surface area contributed by atoms with Crippen LogP contribution in [-0.2, 0) is 22.9 Å². The predicted octanol–water partition coefficient (Wildman–Crippen LogP) is 4.75. The Morgan fingerprint density at radius 2 is 1.73 bits per heavy atom. The Labute approximate surface area is 187 Å². The molecule has 0 N–H and O–H groups in total. The number of nitrogens with zero attached hydrogens (tertiary/aromatic N) is 2. The molecule has 0 fully saturated rings. The Bertz CT molecular complexity index is 960. The fourth-order valence-corrected chi connectivity index (χ4v) is 6.42. The van der Waals surface area contributed by atoms with Gasteiger partial charge in [0.25, 0.3) is 0 Å². The van der Waals surface area contributed by atoms with E-state index < -0.39 is 10.0 Å². The van der Waals surface area contributed by atoms with Gasteiger partial charge in [-0.25, -0.2) is 8.42 Å². The van der Waals surface area contributed by atoms with Gasteiger partial charge in [0.15, 0.2) is 0 Å². The molecule has 1 aliphatic carbocycles. The lowest BCUT2D eigenvalue weighted by Crippen LogP contribution is -2.36. The topological polar surface area (TPSA) is 40.6 Å². The SMILES string of the molecule is CCN(CCCCN1CCc2cccc3c2C1CC3)S(=O)(=O)c1ccc(C)cc1.Cl. The van der Waals surface area contributed by atoms with Gasteiger partial charge in [-0.2, -0.15) is 4.31 Å². The second-order valence-electron chi connectivity index (χ2n) is 8.35. The maximum Gasteiger partial charge on any atom is 0.243 e. The van der Waals surface area contributed by atoms with E-state index in [1.165, 1.54) is 12.8 Å². The predicted molar refractivity (Wildman–Crippen MR) is 125 cm³/mol. The molecule has 4 nitrogen and oxygen atoms in total. The smallest absolute Gasteiger partial charge is 0.243 e. The highest BCUT2D eigenvalue weighted by atomic mass is 35.5. The number of sulfonamides is 1. The summed E-state index contributed by atoms with van der Waals surface area (Å²) in [4.78, 5) is 3.03. The van der Waals surface area contributed by atoms with E-state index >= 15 is 0 Å². The number of hydrogen-bond acceptors (Lipinski definition) is 3. The van der Waals surface area contributed by atoms with Gasteiger partial charge in [0.05, 0.1) is 4.90 Å². The number of rotatable bonds is 8. The third-order valence-electron chi connectivity index (χ3n) is 6.53. The molecule has 0 spiro atoms. The second-order valence-corrected chi connectivity index (χ2v) is 10.3. The summed E-state index contributed by atoms with van der Waals surface area (Å²) < 4.78 is 27.5. The number of aryl methyl sites for hydroxylation is 2. The van der Waals surface area contributed by atoms with E-state index in [4.69, 9.17) is 0 Å². The average molecular weight is 449 g/mol. The van der Waals surface area contributed by atoms with Crippen molar-refractivity contribution >= 4 is 22.4 Å². The molecule has 2 aromatic rings. The van der Waals surface area contributed by atoms with Gasteiger partial charge >= 0.3 is 0 Å². The summed E-state index contributed by atoms with van der Waals surface area (Å²) in [7, 11) is -3.40. The minimum absolute atomic E-state index is 0. The van der Waals surface area contributed by atoms with Gasteiger partial charge in [0.1, 0.15) is 0 Å². The zero-order chi connectivity index (χ0) is 20.4. The van der Waals surface area contributed by atoms with Crippen molar-refractivity contribution in [3.63, 3.8) is 0 Å². The van der Waals surface area contributed by atoms with E-state index in [0.717, 1.165) is 37.9 Å². The van der Waals surface area contributed by atoms with Crippen molar-refractivity contribution in [2.75, 3.05) is 26.2 Å². The largest absolute Gasteiger partial charge is 0.296 e. The van der Waals surface area contributed by atoms with E-state index in [9.17, 15) is 8.42 Å². The summed E-state index contributed by atoms with van der Waals surface area (Å²) in [5.74, 6) is 0. The summed E-state index contributed by atoms with van der Waals surface area (Å²) in [6, 6.07) is 14.5. The molecule has 0 saturated heterocycles. The molecule has 0 amide bonds. The van der Waals surface area contributed by atoms with Crippen molar-refractivity contribution in [3.05, 3.63) is 64.7 Å². The molecule has 6 heteroatoms. The second kappa shape index (κ2) is 9.82. The van der Waals surface area contributed by atoms with Crippen molar-refractivity contribution in [2.45, 2.75) is 56.9 Å². The van der Waals surface area contributed by atoms with E-state index in [0.29, 0.717) is 24.0 Å². The summed E-state index contributed by atoms with van der Waals surface area (Å²) in [5.41, 5.74) is 5.75. The molecule has 2 aliphatic rings. The lowest BCUT2D eigenvalue weighted by Gasteiger charge is -2.35. The van der Waals surface area contributed by atoms with Crippen molar-refractivity contribution in [3.8, 4) is 0 Å². The first kappa shape index (κ1) is 23.3. The Morgan fingerprint density at radius 3 is 2.43 bits per heavy atom. The molecule has 1 unspecified atom stereocenters. The molecule has 1 heterocycles. The van der Waals surface area contributed by atoms with E-state index in [1.54, 1.807) is 33.1 Å². The van der Waals surface area contributed by atoms with Crippen molar-refractivity contribution < 1.29 is 8.42 Å². The van der Waals surface area contributed by atoms with Crippen LogP contribution in [0.3, 0.4) is 0 Å². The van der Waals surface area contributed by atoms with Crippen LogP contribution in [0.1, 0.15) is 54.5 Å². The Morgan fingerprint density at radius 1 is 1.03 bits per heavy atom. The van der Waals surface area contributed by atoms with E-state index in [1.807, 2.05) is 26.0 Å². The minimum atomic E-state index is -3.40. The van der Waals surface area contributed by atoms with Gasteiger partial charge in [-0.1, -0.05) is 42.8 Å². The van der Waals surface area contributed by atoms with Gasteiger partial charge in [0, 0.05) is 25.7 Å². The first-order valence-corrected chi connectivity index (χ1v) is 12.4. The molecule has 30 heavy (non-hydrogen) atoms. The number of halogens is 1. The lowest BCUT2D eigenvalue weighted by atomic mass is 9.93. The molecule has 0 saturated carbocycles. The summed E-state index contributed by atoms with van der Waals surface area (Å²) >= 11 is 0. The Kier molecular flexibility index (Phi) is 7.61. The van der Waals surface area contributed by atoms with Gasteiger partial charge in [-0.05, 0) is 74.4 Å². The molecule has 0 radical (unpaired) electrons. The van der Waals surface area contributed by atoms with Crippen LogP contribution in [0.4, 0.5) is 0 Å². The van der Waals surface area contributed by atoms with Crippen LogP contribution in [0.5, 0.6) is 0 Å².